The van der Waals surface area contributed by atoms with E-state index in [9.17, 15) is 14.6 Å². The summed E-state index contributed by atoms with van der Waals surface area (Å²) in [7, 11) is 1.53. The second-order valence-corrected chi connectivity index (χ2v) is 8.32. The molecule has 0 spiro atoms. The van der Waals surface area contributed by atoms with Crippen LogP contribution in [-0.4, -0.2) is 52.1 Å². The molecule has 5 N–H and O–H groups in total. The Bertz CT molecular complexity index is 1230. The number of fused-ring (bicyclic) bond motifs is 1. The van der Waals surface area contributed by atoms with E-state index in [2.05, 4.69) is 20.4 Å². The number of hydroxylamine groups is 1. The summed E-state index contributed by atoms with van der Waals surface area (Å²) in [5.41, 5.74) is 13.7. The van der Waals surface area contributed by atoms with Crippen molar-refractivity contribution in [1.29, 1.82) is 0 Å². The SMILES string of the molecule is COc1cccc(-c2cc(F)ccc2[C@H]2C=C(NOCC(CO)CO)c3c(C)nc(N)nc3C2)n1. The number of aryl methyl sites for hydroxylation is 1. The number of benzene rings is 1. The molecule has 4 rings (SSSR count). The van der Waals surface area contributed by atoms with E-state index in [0.717, 1.165) is 16.8 Å². The highest BCUT2D eigenvalue weighted by Crippen LogP contribution is 2.38. The van der Waals surface area contributed by atoms with Crippen molar-refractivity contribution < 1.29 is 24.2 Å². The normalized spacial score (nSPS) is 15.0. The van der Waals surface area contributed by atoms with Gasteiger partial charge >= 0.3 is 0 Å². The van der Waals surface area contributed by atoms with Crippen molar-refractivity contribution in [3.05, 3.63) is 70.8 Å². The Balaban J connectivity index is 1.76. The minimum atomic E-state index is -0.423. The van der Waals surface area contributed by atoms with Crippen LogP contribution in [0.4, 0.5) is 10.3 Å². The molecule has 0 aliphatic heterocycles. The van der Waals surface area contributed by atoms with Gasteiger partial charge in [-0.2, -0.15) is 0 Å². The van der Waals surface area contributed by atoms with Gasteiger partial charge in [0, 0.05) is 35.4 Å². The summed E-state index contributed by atoms with van der Waals surface area (Å²) in [4.78, 5) is 18.8. The third-order valence-electron chi connectivity index (χ3n) is 5.87. The molecule has 1 atom stereocenters. The van der Waals surface area contributed by atoms with E-state index in [1.54, 1.807) is 24.3 Å². The molecule has 0 saturated heterocycles. The number of allylic oxidation sites excluding steroid dienone is 1. The number of nitrogens with zero attached hydrogens (tertiary/aromatic N) is 3. The van der Waals surface area contributed by atoms with Gasteiger partial charge in [-0.25, -0.2) is 19.3 Å². The molecule has 0 radical (unpaired) electrons. The first-order chi connectivity index (χ1) is 16.9. The number of rotatable bonds is 9. The smallest absolute Gasteiger partial charge is 0.220 e. The quantitative estimate of drug-likeness (QED) is 0.340. The number of anilines is 1. The van der Waals surface area contributed by atoms with Crippen molar-refractivity contribution in [3.8, 4) is 17.1 Å². The lowest BCUT2D eigenvalue weighted by atomic mass is 9.83. The zero-order chi connectivity index (χ0) is 24.9. The number of hydrogen-bond donors (Lipinski definition) is 4. The third-order valence-corrected chi connectivity index (χ3v) is 5.87. The summed E-state index contributed by atoms with van der Waals surface area (Å²) in [6.45, 7) is 1.51. The number of aliphatic hydroxyl groups is 2. The van der Waals surface area contributed by atoms with E-state index in [1.807, 2.05) is 13.0 Å². The molecule has 0 bridgehead atoms. The highest BCUT2D eigenvalue weighted by Gasteiger charge is 2.27. The van der Waals surface area contributed by atoms with Crippen molar-refractivity contribution in [2.75, 3.05) is 32.7 Å². The lowest BCUT2D eigenvalue weighted by molar-refractivity contribution is 0.0123. The van der Waals surface area contributed by atoms with Gasteiger partial charge in [-0.1, -0.05) is 18.2 Å². The maximum Gasteiger partial charge on any atom is 0.220 e. The number of nitrogens with one attached hydrogen (secondary N) is 1. The van der Waals surface area contributed by atoms with Gasteiger partial charge in [0.25, 0.3) is 0 Å². The van der Waals surface area contributed by atoms with Crippen LogP contribution in [0.3, 0.4) is 0 Å². The fourth-order valence-corrected chi connectivity index (χ4v) is 4.14. The first kappa shape index (κ1) is 24.5. The lowest BCUT2D eigenvalue weighted by Crippen LogP contribution is -2.26. The van der Waals surface area contributed by atoms with Gasteiger partial charge in [-0.05, 0) is 30.7 Å². The van der Waals surface area contributed by atoms with Gasteiger partial charge in [-0.3, -0.25) is 10.3 Å². The predicted octanol–water partition coefficient (Wildman–Crippen LogP) is 2.38. The first-order valence-corrected chi connectivity index (χ1v) is 11.2. The Morgan fingerprint density at radius 1 is 1.17 bits per heavy atom. The Labute approximate surface area is 202 Å². The summed E-state index contributed by atoms with van der Waals surface area (Å²) in [5, 5.41) is 18.6. The molecular formula is C25H28FN5O4. The molecule has 3 aromatic rings. The van der Waals surface area contributed by atoms with Crippen LogP contribution < -0.4 is 16.0 Å². The van der Waals surface area contributed by atoms with E-state index in [-0.39, 0.29) is 37.5 Å². The van der Waals surface area contributed by atoms with E-state index < -0.39 is 5.92 Å². The lowest BCUT2D eigenvalue weighted by Gasteiger charge is -2.27. The van der Waals surface area contributed by atoms with Gasteiger partial charge < -0.3 is 20.7 Å². The molecule has 2 heterocycles. The van der Waals surface area contributed by atoms with E-state index in [1.165, 1.54) is 19.2 Å². The van der Waals surface area contributed by atoms with Gasteiger partial charge in [0.1, 0.15) is 5.82 Å². The molecule has 0 saturated carbocycles. The number of aromatic nitrogens is 3. The summed E-state index contributed by atoms with van der Waals surface area (Å²) in [5.74, 6) is -0.421. The van der Waals surface area contributed by atoms with Crippen molar-refractivity contribution in [3.63, 3.8) is 0 Å². The van der Waals surface area contributed by atoms with Crippen LogP contribution in [0.2, 0.25) is 0 Å². The molecule has 1 aliphatic rings. The Morgan fingerprint density at radius 3 is 2.71 bits per heavy atom. The van der Waals surface area contributed by atoms with Crippen LogP contribution in [0.15, 0.2) is 42.5 Å². The topological polar surface area (TPSA) is 136 Å². The molecule has 0 fully saturated rings. The molecule has 1 aliphatic carbocycles. The van der Waals surface area contributed by atoms with Crippen LogP contribution in [0, 0.1) is 18.7 Å². The molecular weight excluding hydrogens is 453 g/mol. The summed E-state index contributed by atoms with van der Waals surface area (Å²) < 4.78 is 19.6. The van der Waals surface area contributed by atoms with Gasteiger partial charge in [0.2, 0.25) is 11.8 Å². The number of methoxy groups -OCH3 is 1. The Hall–Kier alpha value is -3.60. The monoisotopic (exact) mass is 481 g/mol. The van der Waals surface area contributed by atoms with Crippen molar-refractivity contribution in [2.24, 2.45) is 5.92 Å². The molecule has 0 amide bonds. The first-order valence-electron chi connectivity index (χ1n) is 11.2. The average Bonchev–Trinajstić information content (AvgIpc) is 2.86. The van der Waals surface area contributed by atoms with Gasteiger partial charge in [-0.15, -0.1) is 0 Å². The fraction of sp³-hybridized carbons (Fsp3) is 0.320. The minimum absolute atomic E-state index is 0.0920. The highest BCUT2D eigenvalue weighted by molar-refractivity contribution is 5.73. The maximum absolute atomic E-state index is 14.3. The zero-order valence-corrected chi connectivity index (χ0v) is 19.5. The number of halogens is 1. The molecule has 9 nitrogen and oxygen atoms in total. The summed E-state index contributed by atoms with van der Waals surface area (Å²) in [6, 6.07) is 9.94. The minimum Gasteiger partial charge on any atom is -0.481 e. The Kier molecular flexibility index (Phi) is 7.54. The molecule has 184 valence electrons. The molecule has 0 unspecified atom stereocenters. The van der Waals surface area contributed by atoms with Crippen LogP contribution in [0.5, 0.6) is 5.88 Å². The highest BCUT2D eigenvalue weighted by atomic mass is 19.1. The summed E-state index contributed by atoms with van der Waals surface area (Å²) in [6.07, 6.45) is 2.48. The third kappa shape index (κ3) is 5.40. The number of ether oxygens (including phenoxy) is 1. The Morgan fingerprint density at radius 2 is 1.97 bits per heavy atom. The standard InChI is InChI=1S/C25H28FN5O4/c1-14-24-21(30-25(27)28-14)8-16(9-22(24)31-35-13-15(11-32)12-33)18-7-6-17(26)10-19(18)20-4-3-5-23(29-20)34-2/h3-7,9-10,15-16,31-33H,8,11-13H2,1-2H3,(H2,27,28,30)/t16-/m1/s1. The van der Waals surface area contributed by atoms with Crippen molar-refractivity contribution in [1.82, 2.24) is 20.4 Å². The molecule has 2 aromatic heterocycles. The molecule has 35 heavy (non-hydrogen) atoms. The van der Waals surface area contributed by atoms with Gasteiger partial charge in [0.05, 0.1) is 49.7 Å². The van der Waals surface area contributed by atoms with Crippen LogP contribution in [-0.2, 0) is 11.3 Å². The fourth-order valence-electron chi connectivity index (χ4n) is 4.14. The van der Waals surface area contributed by atoms with Gasteiger partial charge in [0.15, 0.2) is 0 Å². The predicted molar refractivity (Wildman–Crippen MR) is 129 cm³/mol. The molecule has 10 heteroatoms. The van der Waals surface area contributed by atoms with Crippen molar-refractivity contribution >= 4 is 11.6 Å². The second-order valence-electron chi connectivity index (χ2n) is 8.32. The molecule has 1 aromatic carbocycles. The number of aliphatic hydroxyl groups excluding tert-OH is 2. The maximum atomic E-state index is 14.3. The summed E-state index contributed by atoms with van der Waals surface area (Å²) >= 11 is 0. The van der Waals surface area contributed by atoms with Crippen LogP contribution in [0.1, 0.15) is 28.4 Å². The number of hydrogen-bond acceptors (Lipinski definition) is 9. The number of pyridine rings is 1. The number of nitrogens with two attached hydrogens (primary N) is 1. The van der Waals surface area contributed by atoms with Crippen LogP contribution >= 0.6 is 0 Å². The van der Waals surface area contributed by atoms with Crippen molar-refractivity contribution in [2.45, 2.75) is 19.3 Å². The van der Waals surface area contributed by atoms with E-state index >= 15 is 0 Å². The van der Waals surface area contributed by atoms with E-state index in [0.29, 0.717) is 34.9 Å². The van der Waals surface area contributed by atoms with Crippen LogP contribution in [0.25, 0.3) is 17.0 Å². The number of nitrogen functional groups attached to an aromatic ring is 1. The average molecular weight is 482 g/mol. The zero-order valence-electron chi connectivity index (χ0n) is 19.5. The largest absolute Gasteiger partial charge is 0.481 e. The van der Waals surface area contributed by atoms with E-state index in [4.69, 9.17) is 15.3 Å². The second kappa shape index (κ2) is 10.8.